The molecule has 164 valence electrons. The number of hydrogen-bond acceptors (Lipinski definition) is 5. The Kier molecular flexibility index (Phi) is 6.29. The molecule has 0 fully saturated rings. The van der Waals surface area contributed by atoms with Crippen LogP contribution in [-0.2, 0) is 9.84 Å². The summed E-state index contributed by atoms with van der Waals surface area (Å²) in [4.78, 5) is 1.30. The van der Waals surface area contributed by atoms with Crippen molar-refractivity contribution >= 4 is 33.0 Å². The van der Waals surface area contributed by atoms with Crippen LogP contribution in [0.3, 0.4) is 0 Å². The van der Waals surface area contributed by atoms with Crippen LogP contribution in [0.15, 0.2) is 46.2 Å². The van der Waals surface area contributed by atoms with Crippen LogP contribution in [0.25, 0.3) is 0 Å². The fraction of sp³-hybridized carbons (Fsp3) is 0.400. The van der Waals surface area contributed by atoms with Crippen LogP contribution in [0.2, 0.25) is 0 Å². The molecule has 0 aliphatic carbocycles. The van der Waals surface area contributed by atoms with Gasteiger partial charge in [0, 0.05) is 30.6 Å². The minimum absolute atomic E-state index is 0.0659. The van der Waals surface area contributed by atoms with E-state index in [1.165, 1.54) is 29.2 Å². The summed E-state index contributed by atoms with van der Waals surface area (Å²) in [7, 11) is -4.59. The van der Waals surface area contributed by atoms with Crippen LogP contribution in [0.5, 0.6) is 5.75 Å². The Morgan fingerprint density at radius 1 is 1.27 bits per heavy atom. The maximum Gasteiger partial charge on any atom is 0.245 e. The molecule has 0 spiro atoms. The average molecular weight is 464 g/mol. The first kappa shape index (κ1) is 22.7. The van der Waals surface area contributed by atoms with Gasteiger partial charge in [-0.3, -0.25) is 0 Å². The van der Waals surface area contributed by atoms with E-state index in [0.29, 0.717) is 11.8 Å². The first-order valence-corrected chi connectivity index (χ1v) is 11.9. The lowest BCUT2D eigenvalue weighted by atomic mass is 10.0. The topological polar surface area (TPSA) is 57.6 Å². The monoisotopic (exact) mass is 463 g/mol. The lowest BCUT2D eigenvalue weighted by molar-refractivity contribution is 0.00529. The van der Waals surface area contributed by atoms with Crippen molar-refractivity contribution in [3.05, 3.63) is 42.2 Å². The third-order valence-electron chi connectivity index (χ3n) is 5.02. The summed E-state index contributed by atoms with van der Waals surface area (Å²) in [5, 5.41) is 10.2. The van der Waals surface area contributed by atoms with E-state index in [1.54, 1.807) is 6.26 Å². The van der Waals surface area contributed by atoms with E-state index in [9.17, 15) is 26.7 Å². The van der Waals surface area contributed by atoms with Crippen molar-refractivity contribution in [2.24, 2.45) is 5.92 Å². The Morgan fingerprint density at radius 2 is 1.97 bits per heavy atom. The molecule has 30 heavy (non-hydrogen) atoms. The molecule has 0 radical (unpaired) electrons. The molecule has 0 saturated heterocycles. The predicted octanol–water partition coefficient (Wildman–Crippen LogP) is 5.53. The highest BCUT2D eigenvalue weighted by Gasteiger charge is 2.43. The third-order valence-corrected chi connectivity index (χ3v) is 7.70. The summed E-state index contributed by atoms with van der Waals surface area (Å²) >= 11 is 1.15. The highest BCUT2D eigenvalue weighted by Crippen LogP contribution is 2.45. The molecular formula is C20H21F4NO3S2. The second kappa shape index (κ2) is 8.30. The number of benzene rings is 2. The SMILES string of the molecule is CSc1cc2c(cc1O)S(=O)(=O)[C@@H](F)[C@@H](CCC(C)(F)F)CN2c1cccc(F)c1. The molecule has 2 aromatic carbocycles. The fourth-order valence-corrected chi connectivity index (χ4v) is 5.69. The highest BCUT2D eigenvalue weighted by atomic mass is 32.2. The maximum absolute atomic E-state index is 15.2. The predicted molar refractivity (Wildman–Crippen MR) is 109 cm³/mol. The summed E-state index contributed by atoms with van der Waals surface area (Å²) in [6.07, 6.45) is 0.594. The zero-order chi connectivity index (χ0) is 22.3. The number of phenols is 1. The molecular weight excluding hydrogens is 442 g/mol. The van der Waals surface area contributed by atoms with Crippen molar-refractivity contribution in [3.8, 4) is 5.75 Å². The minimum atomic E-state index is -4.59. The molecule has 4 nitrogen and oxygen atoms in total. The summed E-state index contributed by atoms with van der Waals surface area (Å²) in [5.41, 5.74) is -2.13. The molecule has 0 saturated carbocycles. The fourth-order valence-electron chi connectivity index (χ4n) is 3.48. The molecule has 2 aromatic rings. The van der Waals surface area contributed by atoms with Gasteiger partial charge in [-0.2, -0.15) is 0 Å². The molecule has 0 aromatic heterocycles. The number of sulfone groups is 1. The Bertz CT molecular complexity index is 1040. The highest BCUT2D eigenvalue weighted by molar-refractivity contribution is 7.98. The summed E-state index contributed by atoms with van der Waals surface area (Å²) in [6, 6.07) is 7.66. The number of thioether (sulfide) groups is 1. The second-order valence-corrected chi connectivity index (χ2v) is 10.2. The zero-order valence-corrected chi connectivity index (χ0v) is 17.9. The van der Waals surface area contributed by atoms with Gasteiger partial charge in [-0.25, -0.2) is 26.0 Å². The van der Waals surface area contributed by atoms with Crippen LogP contribution in [-0.4, -0.2) is 37.8 Å². The van der Waals surface area contributed by atoms with E-state index in [0.717, 1.165) is 23.9 Å². The standard InChI is InChI=1S/C20H21F4NO3S2/c1-20(23,24)7-6-12-11-25(14-5-3-4-13(21)8-14)15-9-17(29-2)16(26)10-18(15)30(27,28)19(12)22/h3-5,8-10,12,19,26H,6-7,11H2,1-2H3/t12-,19+/m0/s1. The Labute approximate surface area is 176 Å². The molecule has 1 aliphatic rings. The van der Waals surface area contributed by atoms with Gasteiger partial charge in [-0.05, 0) is 43.9 Å². The first-order valence-electron chi connectivity index (χ1n) is 9.14. The number of rotatable bonds is 5. The third kappa shape index (κ3) is 4.54. The lowest BCUT2D eigenvalue weighted by Crippen LogP contribution is -2.32. The number of anilines is 2. The molecule has 3 rings (SSSR count). The van der Waals surface area contributed by atoms with Crippen LogP contribution in [0, 0.1) is 11.7 Å². The average Bonchev–Trinajstić information content (AvgIpc) is 2.73. The molecule has 0 amide bonds. The summed E-state index contributed by atoms with van der Waals surface area (Å²) in [6.45, 7) is 0.443. The Morgan fingerprint density at radius 3 is 2.57 bits per heavy atom. The minimum Gasteiger partial charge on any atom is -0.507 e. The Hall–Kier alpha value is -1.94. The number of nitrogens with zero attached hydrogens (tertiary/aromatic N) is 1. The van der Waals surface area contributed by atoms with Gasteiger partial charge in [0.25, 0.3) is 0 Å². The van der Waals surface area contributed by atoms with Gasteiger partial charge in [-0.1, -0.05) is 6.07 Å². The molecule has 0 bridgehead atoms. The van der Waals surface area contributed by atoms with Crippen molar-refractivity contribution in [3.63, 3.8) is 0 Å². The zero-order valence-electron chi connectivity index (χ0n) is 16.3. The molecule has 1 aliphatic heterocycles. The smallest absolute Gasteiger partial charge is 0.245 e. The molecule has 2 atom stereocenters. The molecule has 1 heterocycles. The number of hydrogen-bond donors (Lipinski definition) is 1. The van der Waals surface area contributed by atoms with E-state index in [1.807, 2.05) is 0 Å². The lowest BCUT2D eigenvalue weighted by Gasteiger charge is -2.28. The van der Waals surface area contributed by atoms with Gasteiger partial charge in [0.1, 0.15) is 11.6 Å². The van der Waals surface area contributed by atoms with E-state index < -0.39 is 44.3 Å². The van der Waals surface area contributed by atoms with Crippen molar-refractivity contribution < 1.29 is 31.1 Å². The van der Waals surface area contributed by atoms with E-state index >= 15 is 4.39 Å². The van der Waals surface area contributed by atoms with Gasteiger partial charge in [-0.15, -0.1) is 11.8 Å². The number of aromatic hydroxyl groups is 1. The second-order valence-electron chi connectivity index (χ2n) is 7.35. The normalized spacial score (nSPS) is 21.2. The van der Waals surface area contributed by atoms with E-state index in [-0.39, 0.29) is 30.1 Å². The maximum atomic E-state index is 15.2. The number of fused-ring (bicyclic) bond motifs is 1. The van der Waals surface area contributed by atoms with Crippen LogP contribution in [0.4, 0.5) is 28.9 Å². The van der Waals surface area contributed by atoms with E-state index in [2.05, 4.69) is 0 Å². The quantitative estimate of drug-likeness (QED) is 0.467. The molecule has 10 heteroatoms. The summed E-state index contributed by atoms with van der Waals surface area (Å²) in [5.74, 6) is -5.29. The van der Waals surface area contributed by atoms with Crippen LogP contribution in [0.1, 0.15) is 19.8 Å². The number of halogens is 4. The van der Waals surface area contributed by atoms with Gasteiger partial charge in [0.15, 0.2) is 0 Å². The van der Waals surface area contributed by atoms with Crippen molar-refractivity contribution in [1.82, 2.24) is 0 Å². The van der Waals surface area contributed by atoms with Gasteiger partial charge in [0.2, 0.25) is 21.3 Å². The molecule has 1 N–H and O–H groups in total. The van der Waals surface area contributed by atoms with Gasteiger partial charge in [0.05, 0.1) is 15.5 Å². The van der Waals surface area contributed by atoms with Crippen molar-refractivity contribution in [1.29, 1.82) is 0 Å². The van der Waals surface area contributed by atoms with Crippen molar-refractivity contribution in [2.75, 3.05) is 17.7 Å². The van der Waals surface area contributed by atoms with E-state index in [4.69, 9.17) is 0 Å². The summed E-state index contributed by atoms with van der Waals surface area (Å²) < 4.78 is 81.9. The van der Waals surface area contributed by atoms with Gasteiger partial charge >= 0.3 is 0 Å². The first-order chi connectivity index (χ1) is 13.9. The van der Waals surface area contributed by atoms with Crippen LogP contribution >= 0.6 is 11.8 Å². The Balaban J connectivity index is 2.20. The van der Waals surface area contributed by atoms with Gasteiger partial charge < -0.3 is 10.0 Å². The number of phenolic OH excluding ortho intramolecular Hbond substituents is 1. The van der Waals surface area contributed by atoms with Crippen molar-refractivity contribution in [2.45, 2.75) is 41.0 Å². The molecule has 0 unspecified atom stereocenters. The number of alkyl halides is 3. The largest absolute Gasteiger partial charge is 0.507 e. The van der Waals surface area contributed by atoms with Crippen LogP contribution < -0.4 is 4.90 Å².